The van der Waals surface area contributed by atoms with Crippen LogP contribution in [0.3, 0.4) is 0 Å². The average Bonchev–Trinajstić information content (AvgIpc) is 3.33. The quantitative estimate of drug-likeness (QED) is 0.347. The first-order valence-corrected chi connectivity index (χ1v) is 11.2. The van der Waals surface area contributed by atoms with E-state index in [1.807, 2.05) is 6.07 Å². The third-order valence-electron chi connectivity index (χ3n) is 6.84. The first kappa shape index (κ1) is 19.1. The molecule has 0 saturated heterocycles. The Morgan fingerprint density at radius 3 is 2.66 bits per heavy atom. The highest BCUT2D eigenvalue weighted by Crippen LogP contribution is 2.49. The Kier molecular flexibility index (Phi) is 4.68. The SMILES string of the molecule is Fc1ccc2c(c1)[C@@H]1C=CC[C@@H]1[C@H](c1ccc(OCc3cccc4ccccc34)cc1)N2. The Bertz CT molecular complexity index is 1310. The molecule has 32 heavy (non-hydrogen) atoms. The van der Waals surface area contributed by atoms with E-state index in [2.05, 4.69) is 84.2 Å². The minimum atomic E-state index is -0.171. The first-order chi connectivity index (χ1) is 15.8. The number of rotatable bonds is 4. The highest BCUT2D eigenvalue weighted by molar-refractivity contribution is 5.85. The van der Waals surface area contributed by atoms with Gasteiger partial charge in [0.15, 0.2) is 0 Å². The largest absolute Gasteiger partial charge is 0.489 e. The van der Waals surface area contributed by atoms with Gasteiger partial charge in [-0.25, -0.2) is 4.39 Å². The summed E-state index contributed by atoms with van der Waals surface area (Å²) in [6, 6.07) is 28.4. The van der Waals surface area contributed by atoms with Crippen LogP contribution in [-0.4, -0.2) is 0 Å². The fourth-order valence-electron chi connectivity index (χ4n) is 5.25. The van der Waals surface area contributed by atoms with E-state index >= 15 is 0 Å². The third-order valence-corrected chi connectivity index (χ3v) is 6.84. The minimum absolute atomic E-state index is 0.171. The predicted molar refractivity (Wildman–Crippen MR) is 127 cm³/mol. The highest BCUT2D eigenvalue weighted by atomic mass is 19.1. The zero-order valence-electron chi connectivity index (χ0n) is 17.7. The molecular weight excluding hydrogens is 397 g/mol. The fourth-order valence-corrected chi connectivity index (χ4v) is 5.25. The van der Waals surface area contributed by atoms with Gasteiger partial charge >= 0.3 is 0 Å². The van der Waals surface area contributed by atoms with Crippen molar-refractivity contribution in [1.82, 2.24) is 0 Å². The molecular formula is C29H24FNO. The van der Waals surface area contributed by atoms with E-state index in [9.17, 15) is 4.39 Å². The van der Waals surface area contributed by atoms with Crippen molar-refractivity contribution < 1.29 is 9.13 Å². The molecule has 4 aromatic carbocycles. The standard InChI is InChI=1S/C29H24FNO/c30-22-13-16-28-27(17-22)25-9-4-10-26(25)29(31-28)20-11-14-23(15-12-20)32-18-21-7-3-6-19-5-1-2-8-24(19)21/h1-9,11-17,25-26,29,31H,10,18H2/t25-,26+,29+/m1/s1. The molecule has 2 aliphatic rings. The topological polar surface area (TPSA) is 21.3 Å². The van der Waals surface area contributed by atoms with Crippen LogP contribution >= 0.6 is 0 Å². The number of allylic oxidation sites excluding steroid dienone is 2. The number of ether oxygens (including phenoxy) is 1. The summed E-state index contributed by atoms with van der Waals surface area (Å²) in [6.07, 6.45) is 5.46. The summed E-state index contributed by atoms with van der Waals surface area (Å²) in [5.41, 5.74) is 4.51. The molecule has 0 saturated carbocycles. The van der Waals surface area contributed by atoms with Gasteiger partial charge in [0, 0.05) is 11.6 Å². The number of halogens is 1. The molecule has 0 bridgehead atoms. The Labute approximate surface area is 187 Å². The molecule has 6 rings (SSSR count). The molecule has 1 aliphatic heterocycles. The van der Waals surface area contributed by atoms with Crippen LogP contribution in [-0.2, 0) is 6.61 Å². The Morgan fingerprint density at radius 2 is 1.75 bits per heavy atom. The van der Waals surface area contributed by atoms with Crippen molar-refractivity contribution in [2.45, 2.75) is 25.0 Å². The van der Waals surface area contributed by atoms with Gasteiger partial charge in [-0.2, -0.15) is 0 Å². The second-order valence-electron chi connectivity index (χ2n) is 8.70. The van der Waals surface area contributed by atoms with Crippen LogP contribution in [0.1, 0.15) is 35.1 Å². The summed E-state index contributed by atoms with van der Waals surface area (Å²) < 4.78 is 20.0. The minimum Gasteiger partial charge on any atom is -0.489 e. The lowest BCUT2D eigenvalue weighted by Crippen LogP contribution is -2.29. The maximum atomic E-state index is 13.8. The van der Waals surface area contributed by atoms with Crippen LogP contribution in [0.25, 0.3) is 10.8 Å². The molecule has 0 fully saturated rings. The van der Waals surface area contributed by atoms with Crippen LogP contribution in [0.2, 0.25) is 0 Å². The van der Waals surface area contributed by atoms with Gasteiger partial charge < -0.3 is 10.1 Å². The van der Waals surface area contributed by atoms with Crippen molar-refractivity contribution in [3.63, 3.8) is 0 Å². The Balaban J connectivity index is 1.22. The molecule has 0 spiro atoms. The van der Waals surface area contributed by atoms with Gasteiger partial charge in [0.1, 0.15) is 18.2 Å². The molecule has 3 heteroatoms. The second kappa shape index (κ2) is 7.83. The van der Waals surface area contributed by atoms with Gasteiger partial charge in [0.05, 0.1) is 6.04 Å². The van der Waals surface area contributed by atoms with Gasteiger partial charge in [-0.1, -0.05) is 66.7 Å². The molecule has 1 N–H and O–H groups in total. The predicted octanol–water partition coefficient (Wildman–Crippen LogP) is 7.38. The summed E-state index contributed by atoms with van der Waals surface area (Å²) >= 11 is 0. The lowest BCUT2D eigenvalue weighted by Gasteiger charge is -2.37. The zero-order chi connectivity index (χ0) is 21.5. The molecule has 1 aliphatic carbocycles. The Morgan fingerprint density at radius 1 is 0.906 bits per heavy atom. The van der Waals surface area contributed by atoms with E-state index < -0.39 is 0 Å². The van der Waals surface area contributed by atoms with Crippen molar-refractivity contribution in [3.8, 4) is 5.75 Å². The van der Waals surface area contributed by atoms with Crippen LogP contribution in [0.15, 0.2) is 97.1 Å². The highest BCUT2D eigenvalue weighted by Gasteiger charge is 2.37. The van der Waals surface area contributed by atoms with E-state index in [1.165, 1.54) is 28.0 Å². The Hall–Kier alpha value is -3.59. The molecule has 158 valence electrons. The second-order valence-corrected chi connectivity index (χ2v) is 8.70. The van der Waals surface area contributed by atoms with E-state index in [-0.39, 0.29) is 17.8 Å². The lowest BCUT2D eigenvalue weighted by atomic mass is 9.77. The molecule has 0 radical (unpaired) electrons. The molecule has 0 amide bonds. The van der Waals surface area contributed by atoms with Crippen LogP contribution in [0.5, 0.6) is 5.75 Å². The number of benzene rings is 4. The molecule has 1 heterocycles. The van der Waals surface area contributed by atoms with Crippen molar-refractivity contribution in [2.75, 3.05) is 5.32 Å². The van der Waals surface area contributed by atoms with Gasteiger partial charge in [-0.15, -0.1) is 0 Å². The summed E-state index contributed by atoms with van der Waals surface area (Å²) in [5.74, 6) is 1.35. The van der Waals surface area contributed by atoms with E-state index in [1.54, 1.807) is 6.07 Å². The number of nitrogens with one attached hydrogen (secondary N) is 1. The molecule has 3 atom stereocenters. The van der Waals surface area contributed by atoms with Gasteiger partial charge in [0.25, 0.3) is 0 Å². The van der Waals surface area contributed by atoms with Crippen molar-refractivity contribution in [3.05, 3.63) is 120 Å². The third kappa shape index (κ3) is 3.34. The van der Waals surface area contributed by atoms with Gasteiger partial charge in [0.2, 0.25) is 0 Å². The van der Waals surface area contributed by atoms with E-state index in [4.69, 9.17) is 4.74 Å². The van der Waals surface area contributed by atoms with Crippen LogP contribution in [0, 0.1) is 11.7 Å². The van der Waals surface area contributed by atoms with Crippen molar-refractivity contribution in [1.29, 1.82) is 0 Å². The monoisotopic (exact) mass is 421 g/mol. The van der Waals surface area contributed by atoms with Crippen LogP contribution < -0.4 is 10.1 Å². The normalized spacial score (nSPS) is 21.1. The average molecular weight is 422 g/mol. The zero-order valence-corrected chi connectivity index (χ0v) is 17.7. The summed E-state index contributed by atoms with van der Waals surface area (Å²) in [6.45, 7) is 0.538. The van der Waals surface area contributed by atoms with Crippen molar-refractivity contribution in [2.24, 2.45) is 5.92 Å². The smallest absolute Gasteiger partial charge is 0.123 e. The molecule has 0 unspecified atom stereocenters. The van der Waals surface area contributed by atoms with E-state index in [0.29, 0.717) is 12.5 Å². The maximum Gasteiger partial charge on any atom is 0.123 e. The molecule has 2 nitrogen and oxygen atoms in total. The summed E-state index contributed by atoms with van der Waals surface area (Å²) in [4.78, 5) is 0. The number of fused-ring (bicyclic) bond motifs is 4. The van der Waals surface area contributed by atoms with E-state index in [0.717, 1.165) is 23.4 Å². The number of anilines is 1. The van der Waals surface area contributed by atoms with Crippen LogP contribution in [0.4, 0.5) is 10.1 Å². The maximum absolute atomic E-state index is 13.8. The first-order valence-electron chi connectivity index (χ1n) is 11.2. The molecule has 0 aromatic heterocycles. The lowest BCUT2D eigenvalue weighted by molar-refractivity contribution is 0.307. The number of hydrogen-bond donors (Lipinski definition) is 1. The van der Waals surface area contributed by atoms with Crippen molar-refractivity contribution >= 4 is 16.5 Å². The summed E-state index contributed by atoms with van der Waals surface area (Å²) in [5, 5.41) is 6.12. The van der Waals surface area contributed by atoms with Gasteiger partial charge in [-0.05, 0) is 70.1 Å². The summed E-state index contributed by atoms with van der Waals surface area (Å²) in [7, 11) is 0. The number of hydrogen-bond acceptors (Lipinski definition) is 2. The fraction of sp³-hybridized carbons (Fsp3) is 0.172. The van der Waals surface area contributed by atoms with Gasteiger partial charge in [-0.3, -0.25) is 0 Å². The molecule has 4 aromatic rings.